The fourth-order valence-electron chi connectivity index (χ4n) is 3.54. The topological polar surface area (TPSA) is 61.9 Å². The average Bonchev–Trinajstić information content (AvgIpc) is 3.32. The highest BCUT2D eigenvalue weighted by atomic mass is 32.1. The predicted molar refractivity (Wildman–Crippen MR) is 119 cm³/mol. The van der Waals surface area contributed by atoms with E-state index in [0.29, 0.717) is 12.3 Å². The van der Waals surface area contributed by atoms with E-state index in [1.807, 2.05) is 64.9 Å². The fourth-order valence-corrected chi connectivity index (χ4v) is 4.23. The van der Waals surface area contributed by atoms with E-state index in [1.54, 1.807) is 0 Å². The molecule has 0 atom stereocenters. The van der Waals surface area contributed by atoms with Crippen molar-refractivity contribution in [2.45, 2.75) is 0 Å². The molecule has 3 aromatic rings. The minimum atomic E-state index is -0.130. The molecule has 0 unspecified atom stereocenters. The highest BCUT2D eigenvalue weighted by Gasteiger charge is 2.22. The van der Waals surface area contributed by atoms with E-state index in [0.717, 1.165) is 48.4 Å². The third-order valence-electron chi connectivity index (χ3n) is 5.23. The van der Waals surface area contributed by atoms with Crippen LogP contribution in [0.5, 0.6) is 5.75 Å². The maximum absolute atomic E-state index is 12.4. The average molecular weight is 424 g/mol. The summed E-state index contributed by atoms with van der Waals surface area (Å²) in [5.74, 6) is 0.675. The molecule has 156 valence electrons. The molecule has 7 heteroatoms. The molecule has 6 nitrogen and oxygen atoms in total. The molecule has 0 radical (unpaired) electrons. The van der Waals surface area contributed by atoms with Gasteiger partial charge in [-0.15, -0.1) is 11.3 Å². The number of hydrogen-bond acceptors (Lipinski definition) is 5. The van der Waals surface area contributed by atoms with E-state index in [-0.39, 0.29) is 18.4 Å². The number of carbonyl (C=O) groups is 2. The predicted octanol–water partition coefficient (Wildman–Crippen LogP) is 2.85. The van der Waals surface area contributed by atoms with E-state index in [9.17, 15) is 9.59 Å². The minimum Gasteiger partial charge on any atom is -0.484 e. The molecule has 1 aliphatic rings. The molecule has 1 aliphatic heterocycles. The smallest absolute Gasteiger partial charge is 0.264 e. The molecule has 4 rings (SSSR count). The van der Waals surface area contributed by atoms with Gasteiger partial charge in [0.2, 0.25) is 0 Å². The first-order valence-corrected chi connectivity index (χ1v) is 11.0. The number of nitrogens with one attached hydrogen (secondary N) is 1. The lowest BCUT2D eigenvalue weighted by atomic mass is 10.1. The number of piperazine rings is 1. The van der Waals surface area contributed by atoms with Gasteiger partial charge < -0.3 is 15.0 Å². The third kappa shape index (κ3) is 5.17. The molecular formula is C23H25N3O3S. The van der Waals surface area contributed by atoms with Gasteiger partial charge in [0.05, 0.1) is 4.88 Å². The maximum Gasteiger partial charge on any atom is 0.264 e. The second-order valence-electron chi connectivity index (χ2n) is 7.26. The molecule has 1 aromatic heterocycles. The maximum atomic E-state index is 12.4. The molecule has 1 saturated heterocycles. The van der Waals surface area contributed by atoms with Crippen LogP contribution in [0.15, 0.2) is 60.0 Å². The Balaban J connectivity index is 1.14. The van der Waals surface area contributed by atoms with Crippen molar-refractivity contribution in [1.82, 2.24) is 15.1 Å². The Morgan fingerprint density at radius 3 is 2.53 bits per heavy atom. The summed E-state index contributed by atoms with van der Waals surface area (Å²) in [5.41, 5.74) is 0. The Labute approximate surface area is 180 Å². The van der Waals surface area contributed by atoms with Gasteiger partial charge in [-0.3, -0.25) is 14.5 Å². The van der Waals surface area contributed by atoms with Gasteiger partial charge in [0.25, 0.3) is 11.8 Å². The van der Waals surface area contributed by atoms with Crippen molar-refractivity contribution in [3.05, 3.63) is 64.9 Å². The van der Waals surface area contributed by atoms with Crippen LogP contribution < -0.4 is 10.1 Å². The Morgan fingerprint density at radius 2 is 1.77 bits per heavy atom. The van der Waals surface area contributed by atoms with Gasteiger partial charge in [-0.1, -0.05) is 36.4 Å². The zero-order valence-corrected chi connectivity index (χ0v) is 17.6. The summed E-state index contributed by atoms with van der Waals surface area (Å²) in [7, 11) is 0. The van der Waals surface area contributed by atoms with Crippen LogP contribution in [0.25, 0.3) is 10.8 Å². The van der Waals surface area contributed by atoms with E-state index < -0.39 is 0 Å². The van der Waals surface area contributed by atoms with Crippen molar-refractivity contribution < 1.29 is 14.3 Å². The van der Waals surface area contributed by atoms with Crippen LogP contribution in [-0.2, 0) is 4.79 Å². The highest BCUT2D eigenvalue weighted by Crippen LogP contribution is 2.20. The van der Waals surface area contributed by atoms with Gasteiger partial charge in [-0.25, -0.2) is 0 Å². The number of thiophene rings is 1. The number of benzene rings is 2. The zero-order chi connectivity index (χ0) is 20.8. The second-order valence-corrected chi connectivity index (χ2v) is 8.21. The van der Waals surface area contributed by atoms with Crippen LogP contribution in [0, 0.1) is 0 Å². The Kier molecular flexibility index (Phi) is 6.61. The molecule has 0 spiro atoms. The second kappa shape index (κ2) is 9.73. The first-order valence-electron chi connectivity index (χ1n) is 10.1. The van der Waals surface area contributed by atoms with Gasteiger partial charge in [0.1, 0.15) is 5.75 Å². The van der Waals surface area contributed by atoms with Crippen molar-refractivity contribution in [3.63, 3.8) is 0 Å². The summed E-state index contributed by atoms with van der Waals surface area (Å²) in [5, 5.41) is 7.07. The van der Waals surface area contributed by atoms with Crippen molar-refractivity contribution >= 4 is 33.9 Å². The van der Waals surface area contributed by atoms with Crippen LogP contribution in [0.1, 0.15) is 9.67 Å². The molecular weight excluding hydrogens is 398 g/mol. The normalized spacial score (nSPS) is 14.6. The zero-order valence-electron chi connectivity index (χ0n) is 16.8. The Bertz CT molecular complexity index is 998. The summed E-state index contributed by atoms with van der Waals surface area (Å²) in [6, 6.07) is 17.6. The number of ether oxygens (including phenoxy) is 1. The monoisotopic (exact) mass is 423 g/mol. The number of nitrogens with zero attached hydrogens (tertiary/aromatic N) is 2. The summed E-state index contributed by atoms with van der Waals surface area (Å²) in [4.78, 5) is 29.4. The van der Waals surface area contributed by atoms with Crippen molar-refractivity contribution in [2.24, 2.45) is 0 Å². The van der Waals surface area contributed by atoms with E-state index in [4.69, 9.17) is 4.74 Å². The molecule has 0 bridgehead atoms. The molecule has 0 aliphatic carbocycles. The molecule has 1 N–H and O–H groups in total. The number of carbonyl (C=O) groups excluding carboxylic acids is 2. The van der Waals surface area contributed by atoms with Gasteiger partial charge >= 0.3 is 0 Å². The van der Waals surface area contributed by atoms with Crippen LogP contribution in [0.4, 0.5) is 0 Å². The molecule has 0 saturated carbocycles. The van der Waals surface area contributed by atoms with Crippen molar-refractivity contribution in [3.8, 4) is 5.75 Å². The molecule has 2 heterocycles. The molecule has 1 fully saturated rings. The number of hydrogen-bond donors (Lipinski definition) is 1. The number of amides is 2. The van der Waals surface area contributed by atoms with Crippen molar-refractivity contribution in [1.29, 1.82) is 0 Å². The SMILES string of the molecule is O=C(COc1ccc2ccccc2c1)NCCN1CCN(C(=O)c2cccs2)CC1. The van der Waals surface area contributed by atoms with Crippen LogP contribution in [0.2, 0.25) is 0 Å². The van der Waals surface area contributed by atoms with Crippen LogP contribution in [0.3, 0.4) is 0 Å². The molecule has 2 amide bonds. The van der Waals surface area contributed by atoms with Crippen LogP contribution >= 0.6 is 11.3 Å². The largest absolute Gasteiger partial charge is 0.484 e. The van der Waals surface area contributed by atoms with Crippen LogP contribution in [-0.4, -0.2) is 67.5 Å². The highest BCUT2D eigenvalue weighted by molar-refractivity contribution is 7.12. The van der Waals surface area contributed by atoms with E-state index in [2.05, 4.69) is 10.2 Å². The summed E-state index contributed by atoms with van der Waals surface area (Å²) < 4.78 is 5.63. The van der Waals surface area contributed by atoms with Gasteiger partial charge in [0.15, 0.2) is 6.61 Å². The first kappa shape index (κ1) is 20.4. The van der Waals surface area contributed by atoms with Gasteiger partial charge in [-0.05, 0) is 34.4 Å². The molecule has 30 heavy (non-hydrogen) atoms. The van der Waals surface area contributed by atoms with Crippen molar-refractivity contribution in [2.75, 3.05) is 45.9 Å². The third-order valence-corrected chi connectivity index (χ3v) is 6.09. The Morgan fingerprint density at radius 1 is 0.967 bits per heavy atom. The number of rotatable bonds is 7. The minimum absolute atomic E-state index is 0.00142. The fraction of sp³-hybridized carbons (Fsp3) is 0.304. The lowest BCUT2D eigenvalue weighted by Crippen LogP contribution is -2.50. The van der Waals surface area contributed by atoms with E-state index in [1.165, 1.54) is 11.3 Å². The summed E-state index contributed by atoms with van der Waals surface area (Å²) >= 11 is 1.48. The summed E-state index contributed by atoms with van der Waals surface area (Å²) in [6.07, 6.45) is 0. The standard InChI is InChI=1S/C23H25N3O3S/c27-22(17-29-20-8-7-18-4-1-2-5-19(18)16-20)24-9-10-25-11-13-26(14-12-25)23(28)21-6-3-15-30-21/h1-8,15-16H,9-14,17H2,(H,24,27). The van der Waals surface area contributed by atoms with Gasteiger partial charge in [0, 0.05) is 39.3 Å². The lowest BCUT2D eigenvalue weighted by molar-refractivity contribution is -0.123. The molecule has 2 aromatic carbocycles. The van der Waals surface area contributed by atoms with Gasteiger partial charge in [-0.2, -0.15) is 0 Å². The Hall–Kier alpha value is -2.90. The lowest BCUT2D eigenvalue weighted by Gasteiger charge is -2.34. The first-order chi connectivity index (χ1) is 14.7. The quantitative estimate of drug-likeness (QED) is 0.635. The van der Waals surface area contributed by atoms with E-state index >= 15 is 0 Å². The number of fused-ring (bicyclic) bond motifs is 1. The summed E-state index contributed by atoms with van der Waals surface area (Å²) in [6.45, 7) is 4.41.